The predicted molar refractivity (Wildman–Crippen MR) is 76.8 cm³/mol. The summed E-state index contributed by atoms with van der Waals surface area (Å²) in [5.74, 6) is 0. The molecular weight excluding hydrogens is 326 g/mol. The van der Waals surface area contributed by atoms with Gasteiger partial charge in [0, 0.05) is 11.6 Å². The zero-order valence-electron chi connectivity index (χ0n) is 10.7. The highest BCUT2D eigenvalue weighted by Gasteiger charge is 2.34. The molecule has 1 aromatic rings. The Kier molecular flexibility index (Phi) is 4.35. The van der Waals surface area contributed by atoms with E-state index in [0.717, 1.165) is 19.2 Å². The summed E-state index contributed by atoms with van der Waals surface area (Å²) < 4.78 is 26.9. The lowest BCUT2D eigenvalue weighted by Gasteiger charge is -2.34. The first kappa shape index (κ1) is 15.6. The second-order valence-electron chi connectivity index (χ2n) is 4.90. The highest BCUT2D eigenvalue weighted by Crippen LogP contribution is 2.36. The fraction of sp³-hybridized carbons (Fsp3) is 0.600. The molecule has 0 unspecified atom stereocenters. The van der Waals surface area contributed by atoms with Crippen molar-refractivity contribution in [1.29, 1.82) is 0 Å². The van der Waals surface area contributed by atoms with Gasteiger partial charge in [0.2, 0.25) is 0 Å². The van der Waals surface area contributed by atoms with Crippen LogP contribution in [0.5, 0.6) is 0 Å². The van der Waals surface area contributed by atoms with Crippen molar-refractivity contribution in [3.05, 3.63) is 20.5 Å². The molecule has 1 aromatic heterocycles. The van der Waals surface area contributed by atoms with Gasteiger partial charge < -0.3 is 5.32 Å². The Balaban J connectivity index is 2.26. The SMILES string of the molecule is CC1(NS(=O)(=O)c2cc([N+](=O)[O-])c(Cl)s2)CCNCC1. The van der Waals surface area contributed by atoms with Crippen LogP contribution in [0.3, 0.4) is 0 Å². The first-order valence-electron chi connectivity index (χ1n) is 5.92. The van der Waals surface area contributed by atoms with Crippen molar-refractivity contribution in [3.8, 4) is 0 Å². The third kappa shape index (κ3) is 3.29. The Labute approximate surface area is 125 Å². The van der Waals surface area contributed by atoms with Crippen LogP contribution < -0.4 is 10.0 Å². The van der Waals surface area contributed by atoms with Gasteiger partial charge in [0.15, 0.2) is 4.34 Å². The number of hydrogen-bond acceptors (Lipinski definition) is 6. The summed E-state index contributed by atoms with van der Waals surface area (Å²) in [4.78, 5) is 10.0. The average Bonchev–Trinajstić information content (AvgIpc) is 2.72. The summed E-state index contributed by atoms with van der Waals surface area (Å²) in [6.07, 6.45) is 1.32. The normalized spacial score (nSPS) is 18.9. The van der Waals surface area contributed by atoms with E-state index in [1.54, 1.807) is 0 Å². The number of halogens is 1. The standard InChI is InChI=1S/C10H14ClN3O4S2/c1-10(2-4-12-5-3-10)13-20(17,18)8-6-7(14(15)16)9(11)19-8/h6,12-13H,2-5H2,1H3. The van der Waals surface area contributed by atoms with Crippen molar-refractivity contribution in [1.82, 2.24) is 10.0 Å². The maximum Gasteiger partial charge on any atom is 0.300 e. The lowest BCUT2D eigenvalue weighted by atomic mass is 9.92. The number of thiophene rings is 1. The lowest BCUT2D eigenvalue weighted by molar-refractivity contribution is -0.384. The van der Waals surface area contributed by atoms with Gasteiger partial charge in [-0.25, -0.2) is 13.1 Å². The average molecular weight is 340 g/mol. The molecule has 2 N–H and O–H groups in total. The van der Waals surface area contributed by atoms with Gasteiger partial charge in [0.1, 0.15) is 4.21 Å². The van der Waals surface area contributed by atoms with E-state index in [4.69, 9.17) is 11.6 Å². The van der Waals surface area contributed by atoms with Gasteiger partial charge in [-0.1, -0.05) is 11.6 Å². The minimum Gasteiger partial charge on any atom is -0.317 e. The molecule has 1 aliphatic rings. The minimum atomic E-state index is -3.80. The molecule has 0 amide bonds. The molecule has 0 aliphatic carbocycles. The van der Waals surface area contributed by atoms with Gasteiger partial charge in [0.25, 0.3) is 15.7 Å². The van der Waals surface area contributed by atoms with Crippen LogP contribution in [-0.2, 0) is 10.0 Å². The molecule has 10 heteroatoms. The topological polar surface area (TPSA) is 101 Å². The number of nitrogens with zero attached hydrogens (tertiary/aromatic N) is 1. The van der Waals surface area contributed by atoms with Crippen LogP contribution in [-0.4, -0.2) is 32.0 Å². The van der Waals surface area contributed by atoms with Crippen LogP contribution in [0.4, 0.5) is 5.69 Å². The van der Waals surface area contributed by atoms with E-state index in [1.165, 1.54) is 0 Å². The Morgan fingerprint density at radius 3 is 2.60 bits per heavy atom. The molecule has 1 aliphatic heterocycles. The second kappa shape index (κ2) is 5.57. The van der Waals surface area contributed by atoms with Gasteiger partial charge in [0.05, 0.1) is 4.92 Å². The van der Waals surface area contributed by atoms with E-state index in [0.29, 0.717) is 24.2 Å². The predicted octanol–water partition coefficient (Wildman–Crippen LogP) is 1.73. The van der Waals surface area contributed by atoms with Crippen LogP contribution in [0.2, 0.25) is 4.34 Å². The fourth-order valence-electron chi connectivity index (χ4n) is 2.05. The largest absolute Gasteiger partial charge is 0.317 e. The lowest BCUT2D eigenvalue weighted by Crippen LogP contribution is -2.52. The van der Waals surface area contributed by atoms with Crippen molar-refractivity contribution >= 4 is 38.6 Å². The van der Waals surface area contributed by atoms with Gasteiger partial charge in [-0.05, 0) is 32.9 Å². The highest BCUT2D eigenvalue weighted by atomic mass is 35.5. The molecule has 0 radical (unpaired) electrons. The summed E-state index contributed by atoms with van der Waals surface area (Å²) in [6.45, 7) is 3.28. The number of nitrogens with one attached hydrogen (secondary N) is 2. The van der Waals surface area contributed by atoms with E-state index >= 15 is 0 Å². The molecule has 1 fully saturated rings. The van der Waals surface area contributed by atoms with Crippen molar-refractivity contribution in [2.24, 2.45) is 0 Å². The van der Waals surface area contributed by atoms with Crippen LogP contribution >= 0.6 is 22.9 Å². The molecular formula is C10H14ClN3O4S2. The van der Waals surface area contributed by atoms with E-state index in [1.807, 2.05) is 6.92 Å². The molecule has 112 valence electrons. The Morgan fingerprint density at radius 1 is 1.50 bits per heavy atom. The van der Waals surface area contributed by atoms with Crippen molar-refractivity contribution in [2.75, 3.05) is 13.1 Å². The number of hydrogen-bond donors (Lipinski definition) is 2. The number of sulfonamides is 1. The summed E-state index contributed by atoms with van der Waals surface area (Å²) in [6, 6.07) is 1.000. The summed E-state index contributed by atoms with van der Waals surface area (Å²) in [5, 5.41) is 13.9. The van der Waals surface area contributed by atoms with Gasteiger partial charge >= 0.3 is 0 Å². The molecule has 2 heterocycles. The third-order valence-electron chi connectivity index (χ3n) is 3.20. The van der Waals surface area contributed by atoms with Gasteiger partial charge in [-0.2, -0.15) is 0 Å². The van der Waals surface area contributed by atoms with E-state index < -0.39 is 20.5 Å². The summed E-state index contributed by atoms with van der Waals surface area (Å²) >= 11 is 6.39. The van der Waals surface area contributed by atoms with Crippen molar-refractivity contribution in [2.45, 2.75) is 29.5 Å². The van der Waals surface area contributed by atoms with E-state index in [2.05, 4.69) is 10.0 Å². The number of nitro groups is 1. The van der Waals surface area contributed by atoms with Gasteiger partial charge in [-0.15, -0.1) is 11.3 Å². The summed E-state index contributed by atoms with van der Waals surface area (Å²) in [5.41, 5.74) is -0.928. The van der Waals surface area contributed by atoms with Gasteiger partial charge in [-0.3, -0.25) is 10.1 Å². The molecule has 7 nitrogen and oxygen atoms in total. The molecule has 1 saturated heterocycles. The van der Waals surface area contributed by atoms with Crippen LogP contribution in [0, 0.1) is 10.1 Å². The van der Waals surface area contributed by atoms with Crippen LogP contribution in [0.25, 0.3) is 0 Å². The third-order valence-corrected chi connectivity index (χ3v) is 6.65. The second-order valence-corrected chi connectivity index (χ2v) is 8.46. The van der Waals surface area contributed by atoms with E-state index in [-0.39, 0.29) is 14.2 Å². The molecule has 0 atom stereocenters. The maximum absolute atomic E-state index is 12.3. The zero-order chi connectivity index (χ0) is 15.0. The number of rotatable bonds is 4. The Hall–Kier alpha value is -0.740. The molecule has 0 aromatic carbocycles. The van der Waals surface area contributed by atoms with E-state index in [9.17, 15) is 18.5 Å². The smallest absolute Gasteiger partial charge is 0.300 e. The molecule has 0 saturated carbocycles. The maximum atomic E-state index is 12.3. The molecule has 0 bridgehead atoms. The first-order chi connectivity index (χ1) is 9.23. The minimum absolute atomic E-state index is 0.131. The fourth-order valence-corrected chi connectivity index (χ4v) is 5.18. The Bertz CT molecular complexity index is 622. The van der Waals surface area contributed by atoms with Crippen LogP contribution in [0.15, 0.2) is 10.3 Å². The molecule has 0 spiro atoms. The quantitative estimate of drug-likeness (QED) is 0.642. The summed E-state index contributed by atoms with van der Waals surface area (Å²) in [7, 11) is -3.80. The first-order valence-corrected chi connectivity index (χ1v) is 8.60. The highest BCUT2D eigenvalue weighted by molar-refractivity contribution is 7.91. The van der Waals surface area contributed by atoms with Crippen molar-refractivity contribution < 1.29 is 13.3 Å². The van der Waals surface area contributed by atoms with Crippen LogP contribution in [0.1, 0.15) is 19.8 Å². The zero-order valence-corrected chi connectivity index (χ0v) is 13.1. The van der Waals surface area contributed by atoms with Crippen molar-refractivity contribution in [3.63, 3.8) is 0 Å². The monoisotopic (exact) mass is 339 g/mol. The molecule has 20 heavy (non-hydrogen) atoms. The molecule has 2 rings (SSSR count). The Morgan fingerprint density at radius 2 is 2.10 bits per heavy atom. The number of piperidine rings is 1.